The zero-order chi connectivity index (χ0) is 20.1. The number of halogens is 2. The van der Waals surface area contributed by atoms with Gasteiger partial charge in [-0.05, 0) is 37.6 Å². The van der Waals surface area contributed by atoms with Crippen LogP contribution in [0.25, 0.3) is 0 Å². The number of amides is 1. The van der Waals surface area contributed by atoms with E-state index in [9.17, 15) is 13.6 Å². The minimum absolute atomic E-state index is 0.181. The van der Waals surface area contributed by atoms with Gasteiger partial charge in [-0.1, -0.05) is 30.3 Å². The lowest BCUT2D eigenvalue weighted by molar-refractivity contribution is -0.126. The van der Waals surface area contributed by atoms with Crippen LogP contribution in [0.2, 0.25) is 0 Å². The lowest BCUT2D eigenvalue weighted by Gasteiger charge is -2.35. The molecule has 1 unspecified atom stereocenters. The molecule has 2 aromatic carbocycles. The number of hydrogen-bond acceptors (Lipinski definition) is 3. The van der Waals surface area contributed by atoms with Crippen LogP contribution in [0.15, 0.2) is 48.5 Å². The average Bonchev–Trinajstić information content (AvgIpc) is 2.69. The molecule has 6 heteroatoms. The fourth-order valence-electron chi connectivity index (χ4n) is 3.56. The molecule has 1 atom stereocenters. The van der Waals surface area contributed by atoms with E-state index in [1.54, 1.807) is 38.1 Å². The lowest BCUT2D eigenvalue weighted by Crippen LogP contribution is -2.47. The Kier molecular flexibility index (Phi) is 6.42. The van der Waals surface area contributed by atoms with Crippen molar-refractivity contribution in [2.45, 2.75) is 25.3 Å². The third-order valence-corrected chi connectivity index (χ3v) is 5.29. The molecular formula is C22H26F2N2O2. The first-order chi connectivity index (χ1) is 13.4. The monoisotopic (exact) mass is 388 g/mol. The fraction of sp³-hybridized carbons (Fsp3) is 0.409. The first-order valence-corrected chi connectivity index (χ1v) is 9.50. The quantitative estimate of drug-likeness (QED) is 0.824. The van der Waals surface area contributed by atoms with E-state index in [0.29, 0.717) is 38.4 Å². The fourth-order valence-corrected chi connectivity index (χ4v) is 3.56. The second-order valence-corrected chi connectivity index (χ2v) is 7.53. The van der Waals surface area contributed by atoms with Crippen molar-refractivity contribution in [3.8, 4) is 0 Å². The van der Waals surface area contributed by atoms with E-state index in [-0.39, 0.29) is 17.8 Å². The molecule has 1 N–H and O–H groups in total. The van der Waals surface area contributed by atoms with Gasteiger partial charge in [-0.25, -0.2) is 8.78 Å². The van der Waals surface area contributed by atoms with E-state index in [2.05, 4.69) is 10.2 Å². The Balaban J connectivity index is 1.77. The van der Waals surface area contributed by atoms with E-state index in [0.717, 1.165) is 5.56 Å². The molecule has 2 aromatic rings. The number of hydrogen-bond donors (Lipinski definition) is 1. The minimum atomic E-state index is -1.02. The number of benzene rings is 2. The van der Waals surface area contributed by atoms with Gasteiger partial charge in [0.1, 0.15) is 11.6 Å². The third-order valence-electron chi connectivity index (χ3n) is 5.29. The van der Waals surface area contributed by atoms with E-state index in [4.69, 9.17) is 4.74 Å². The summed E-state index contributed by atoms with van der Waals surface area (Å²) in [4.78, 5) is 15.1. The van der Waals surface area contributed by atoms with Gasteiger partial charge in [0, 0.05) is 25.2 Å². The first kappa shape index (κ1) is 20.4. The largest absolute Gasteiger partial charge is 0.379 e. The van der Waals surface area contributed by atoms with Crippen LogP contribution in [-0.2, 0) is 14.9 Å². The van der Waals surface area contributed by atoms with Crippen LogP contribution in [0.5, 0.6) is 0 Å². The van der Waals surface area contributed by atoms with Gasteiger partial charge in [-0.15, -0.1) is 0 Å². The van der Waals surface area contributed by atoms with Crippen molar-refractivity contribution in [2.75, 3.05) is 32.8 Å². The molecule has 0 bridgehead atoms. The van der Waals surface area contributed by atoms with E-state index >= 15 is 0 Å². The molecule has 0 aromatic heterocycles. The maximum atomic E-state index is 14.2. The van der Waals surface area contributed by atoms with E-state index in [1.807, 2.05) is 6.07 Å². The minimum Gasteiger partial charge on any atom is -0.379 e. The number of rotatable bonds is 6. The smallest absolute Gasteiger partial charge is 0.230 e. The van der Waals surface area contributed by atoms with Gasteiger partial charge in [-0.3, -0.25) is 9.69 Å². The Labute approximate surface area is 164 Å². The van der Waals surface area contributed by atoms with Crippen LogP contribution >= 0.6 is 0 Å². The molecule has 1 aliphatic rings. The number of nitrogens with one attached hydrogen (secondary N) is 1. The Morgan fingerprint density at radius 3 is 2.54 bits per heavy atom. The number of ether oxygens (including phenoxy) is 1. The summed E-state index contributed by atoms with van der Waals surface area (Å²) >= 11 is 0. The van der Waals surface area contributed by atoms with E-state index in [1.165, 1.54) is 18.2 Å². The maximum Gasteiger partial charge on any atom is 0.230 e. The summed E-state index contributed by atoms with van der Waals surface area (Å²) in [6.07, 6.45) is 0. The lowest BCUT2D eigenvalue weighted by atomic mass is 9.83. The summed E-state index contributed by atoms with van der Waals surface area (Å²) in [7, 11) is 0. The van der Waals surface area contributed by atoms with Crippen LogP contribution in [0.3, 0.4) is 0 Å². The SMILES string of the molecule is CC(C)(C(=O)NCC(c1cccc(F)c1)N1CCOCC1)c1ccccc1F. The Morgan fingerprint density at radius 1 is 1.14 bits per heavy atom. The molecule has 3 rings (SSSR count). The average molecular weight is 388 g/mol. The van der Waals surface area contributed by atoms with Crippen molar-refractivity contribution in [3.63, 3.8) is 0 Å². The molecule has 1 heterocycles. The zero-order valence-corrected chi connectivity index (χ0v) is 16.3. The summed E-state index contributed by atoms with van der Waals surface area (Å²) in [6.45, 7) is 6.31. The van der Waals surface area contributed by atoms with Crippen molar-refractivity contribution in [3.05, 3.63) is 71.3 Å². The van der Waals surface area contributed by atoms with Crippen molar-refractivity contribution in [1.82, 2.24) is 10.2 Å². The molecule has 1 amide bonds. The topological polar surface area (TPSA) is 41.6 Å². The van der Waals surface area contributed by atoms with Gasteiger partial charge in [-0.2, -0.15) is 0 Å². The van der Waals surface area contributed by atoms with Crippen LogP contribution in [0.1, 0.15) is 31.0 Å². The van der Waals surface area contributed by atoms with Crippen molar-refractivity contribution in [1.29, 1.82) is 0 Å². The normalized spacial score (nSPS) is 16.6. The zero-order valence-electron chi connectivity index (χ0n) is 16.3. The van der Waals surface area contributed by atoms with Crippen molar-refractivity contribution < 1.29 is 18.3 Å². The van der Waals surface area contributed by atoms with Gasteiger partial charge in [0.15, 0.2) is 0 Å². The molecule has 1 fully saturated rings. The highest BCUT2D eigenvalue weighted by Gasteiger charge is 2.33. The number of nitrogens with zero attached hydrogens (tertiary/aromatic N) is 1. The van der Waals surface area contributed by atoms with Gasteiger partial charge in [0.25, 0.3) is 0 Å². The molecule has 0 saturated carbocycles. The van der Waals surface area contributed by atoms with Crippen molar-refractivity contribution >= 4 is 5.91 Å². The van der Waals surface area contributed by atoms with Crippen molar-refractivity contribution in [2.24, 2.45) is 0 Å². The Hall–Kier alpha value is -2.31. The Bertz CT molecular complexity index is 820. The Morgan fingerprint density at radius 2 is 1.86 bits per heavy atom. The molecule has 0 aliphatic carbocycles. The van der Waals surface area contributed by atoms with Gasteiger partial charge >= 0.3 is 0 Å². The first-order valence-electron chi connectivity index (χ1n) is 9.50. The number of morpholine rings is 1. The molecule has 1 saturated heterocycles. The van der Waals surface area contributed by atoms with Gasteiger partial charge in [0.2, 0.25) is 5.91 Å². The molecule has 150 valence electrons. The van der Waals surface area contributed by atoms with Crippen LogP contribution < -0.4 is 5.32 Å². The van der Waals surface area contributed by atoms with Crippen LogP contribution in [0, 0.1) is 11.6 Å². The third kappa shape index (κ3) is 4.56. The molecule has 0 spiro atoms. The standard InChI is InChI=1S/C22H26F2N2O2/c1-22(2,18-8-3-4-9-19(18)24)21(27)25-15-20(26-10-12-28-13-11-26)16-6-5-7-17(23)14-16/h3-9,14,20H,10-13,15H2,1-2H3,(H,25,27). The highest BCUT2D eigenvalue weighted by molar-refractivity contribution is 5.87. The number of carbonyl (C=O) groups excluding carboxylic acids is 1. The molecule has 1 aliphatic heterocycles. The predicted octanol–water partition coefficient (Wildman–Crippen LogP) is 3.43. The highest BCUT2D eigenvalue weighted by Crippen LogP contribution is 2.27. The highest BCUT2D eigenvalue weighted by atomic mass is 19.1. The van der Waals surface area contributed by atoms with Crippen LogP contribution in [0.4, 0.5) is 8.78 Å². The second-order valence-electron chi connectivity index (χ2n) is 7.53. The summed E-state index contributed by atoms with van der Waals surface area (Å²) in [5.41, 5.74) is 0.120. The summed E-state index contributed by atoms with van der Waals surface area (Å²) in [5.74, 6) is -0.987. The van der Waals surface area contributed by atoms with E-state index < -0.39 is 11.2 Å². The predicted molar refractivity (Wildman–Crippen MR) is 104 cm³/mol. The summed E-state index contributed by atoms with van der Waals surface area (Å²) < 4.78 is 33.4. The maximum absolute atomic E-state index is 14.2. The molecule has 4 nitrogen and oxygen atoms in total. The van der Waals surface area contributed by atoms with Gasteiger partial charge < -0.3 is 10.1 Å². The molecule has 28 heavy (non-hydrogen) atoms. The van der Waals surface area contributed by atoms with Crippen LogP contribution in [-0.4, -0.2) is 43.7 Å². The number of carbonyl (C=O) groups is 1. The summed E-state index contributed by atoms with van der Waals surface area (Å²) in [5, 5.41) is 2.95. The second kappa shape index (κ2) is 8.80. The van der Waals surface area contributed by atoms with Gasteiger partial charge in [0.05, 0.1) is 24.7 Å². The molecule has 0 radical (unpaired) electrons. The molecular weight excluding hydrogens is 362 g/mol. The summed E-state index contributed by atoms with van der Waals surface area (Å²) in [6, 6.07) is 12.5.